The van der Waals surface area contributed by atoms with Gasteiger partial charge in [0.15, 0.2) is 0 Å². The second kappa shape index (κ2) is 3.12. The maximum Gasteiger partial charge on any atom is 0.252 e. The third-order valence-electron chi connectivity index (χ3n) is 2.56. The Balaban J connectivity index is 2.24. The standard InChI is InChI=1S/C10H15N3O/c1-3-7-11-8(6-9(14)12-7)13-10(2)4-5-10/h6H,3-5H2,1-2H3,(H2,11,12,13,14). The summed E-state index contributed by atoms with van der Waals surface area (Å²) in [5.41, 5.74) is 0.0924. The second-order valence-corrected chi connectivity index (χ2v) is 4.12. The first-order valence-electron chi connectivity index (χ1n) is 5.00. The minimum atomic E-state index is -0.0800. The van der Waals surface area contributed by atoms with Gasteiger partial charge in [-0.05, 0) is 19.8 Å². The zero-order valence-electron chi connectivity index (χ0n) is 8.55. The number of nitrogens with zero attached hydrogens (tertiary/aromatic N) is 1. The zero-order chi connectivity index (χ0) is 10.2. The van der Waals surface area contributed by atoms with E-state index >= 15 is 0 Å². The van der Waals surface area contributed by atoms with Crippen LogP contribution in [0.5, 0.6) is 0 Å². The van der Waals surface area contributed by atoms with Gasteiger partial charge in [-0.15, -0.1) is 0 Å². The van der Waals surface area contributed by atoms with Crippen LogP contribution in [0.3, 0.4) is 0 Å². The molecule has 2 N–H and O–H groups in total. The van der Waals surface area contributed by atoms with Crippen molar-refractivity contribution in [1.82, 2.24) is 9.97 Å². The highest BCUT2D eigenvalue weighted by Gasteiger charge is 2.37. The highest BCUT2D eigenvalue weighted by Crippen LogP contribution is 2.37. The van der Waals surface area contributed by atoms with E-state index in [2.05, 4.69) is 22.2 Å². The van der Waals surface area contributed by atoms with E-state index in [1.807, 2.05) is 6.92 Å². The van der Waals surface area contributed by atoms with Crippen LogP contribution < -0.4 is 10.9 Å². The second-order valence-electron chi connectivity index (χ2n) is 4.12. The predicted octanol–water partition coefficient (Wildman–Crippen LogP) is 1.30. The molecule has 1 saturated carbocycles. The molecule has 1 aliphatic rings. The molecule has 0 spiro atoms. The van der Waals surface area contributed by atoms with E-state index in [9.17, 15) is 4.79 Å². The molecule has 76 valence electrons. The Morgan fingerprint density at radius 2 is 2.36 bits per heavy atom. The van der Waals surface area contributed by atoms with Crippen molar-refractivity contribution in [2.45, 2.75) is 38.6 Å². The molecule has 0 bridgehead atoms. The molecule has 0 atom stereocenters. The summed E-state index contributed by atoms with van der Waals surface area (Å²) in [5, 5.41) is 3.28. The van der Waals surface area contributed by atoms with Crippen LogP contribution >= 0.6 is 0 Å². The average molecular weight is 193 g/mol. The van der Waals surface area contributed by atoms with E-state index in [0.29, 0.717) is 5.82 Å². The summed E-state index contributed by atoms with van der Waals surface area (Å²) in [6.07, 6.45) is 3.06. The molecule has 1 fully saturated rings. The molecule has 4 heteroatoms. The van der Waals surface area contributed by atoms with Gasteiger partial charge in [0.1, 0.15) is 11.6 Å². The van der Waals surface area contributed by atoms with Crippen LogP contribution in [-0.4, -0.2) is 15.5 Å². The topological polar surface area (TPSA) is 57.8 Å². The van der Waals surface area contributed by atoms with Gasteiger partial charge in [0.2, 0.25) is 0 Å². The quantitative estimate of drug-likeness (QED) is 0.760. The number of hydrogen-bond acceptors (Lipinski definition) is 3. The van der Waals surface area contributed by atoms with Crippen LogP contribution in [0.1, 0.15) is 32.5 Å². The number of nitrogens with one attached hydrogen (secondary N) is 2. The molecule has 1 aromatic rings. The van der Waals surface area contributed by atoms with Crippen LogP contribution in [0.2, 0.25) is 0 Å². The lowest BCUT2D eigenvalue weighted by atomic mass is 10.3. The lowest BCUT2D eigenvalue weighted by molar-refractivity contribution is 0.809. The van der Waals surface area contributed by atoms with Crippen molar-refractivity contribution in [1.29, 1.82) is 0 Å². The van der Waals surface area contributed by atoms with Crippen LogP contribution in [0.15, 0.2) is 10.9 Å². The molecule has 0 aromatic carbocycles. The van der Waals surface area contributed by atoms with Gasteiger partial charge >= 0.3 is 0 Å². The van der Waals surface area contributed by atoms with Crippen molar-refractivity contribution in [2.24, 2.45) is 0 Å². The zero-order valence-corrected chi connectivity index (χ0v) is 8.55. The lowest BCUT2D eigenvalue weighted by Gasteiger charge is -2.12. The van der Waals surface area contributed by atoms with E-state index < -0.39 is 0 Å². The summed E-state index contributed by atoms with van der Waals surface area (Å²) in [6.45, 7) is 4.11. The monoisotopic (exact) mass is 193 g/mol. The number of H-pyrrole nitrogens is 1. The van der Waals surface area contributed by atoms with Crippen molar-refractivity contribution in [3.63, 3.8) is 0 Å². The Hall–Kier alpha value is -1.32. The largest absolute Gasteiger partial charge is 0.365 e. The maximum atomic E-state index is 11.2. The summed E-state index contributed by atoms with van der Waals surface area (Å²) in [5.74, 6) is 1.44. The number of anilines is 1. The summed E-state index contributed by atoms with van der Waals surface area (Å²) in [4.78, 5) is 18.2. The fourth-order valence-corrected chi connectivity index (χ4v) is 1.36. The van der Waals surface area contributed by atoms with E-state index in [-0.39, 0.29) is 11.1 Å². The Morgan fingerprint density at radius 3 is 2.93 bits per heavy atom. The molecule has 0 unspecified atom stereocenters. The van der Waals surface area contributed by atoms with Gasteiger partial charge < -0.3 is 10.3 Å². The molecular weight excluding hydrogens is 178 g/mol. The third kappa shape index (κ3) is 1.95. The number of rotatable bonds is 3. The molecule has 4 nitrogen and oxygen atoms in total. The summed E-state index contributed by atoms with van der Waals surface area (Å²) >= 11 is 0. The summed E-state index contributed by atoms with van der Waals surface area (Å²) < 4.78 is 0. The minimum absolute atomic E-state index is 0.0800. The Morgan fingerprint density at radius 1 is 1.64 bits per heavy atom. The maximum absolute atomic E-state index is 11.2. The van der Waals surface area contributed by atoms with Crippen LogP contribution in [-0.2, 0) is 6.42 Å². The van der Waals surface area contributed by atoms with Crippen LogP contribution in [0, 0.1) is 0 Å². The van der Waals surface area contributed by atoms with E-state index in [4.69, 9.17) is 0 Å². The smallest absolute Gasteiger partial charge is 0.252 e. The predicted molar refractivity (Wildman–Crippen MR) is 55.5 cm³/mol. The minimum Gasteiger partial charge on any atom is -0.365 e. The first-order chi connectivity index (χ1) is 6.61. The van der Waals surface area contributed by atoms with Crippen molar-refractivity contribution in [3.8, 4) is 0 Å². The van der Waals surface area contributed by atoms with Gasteiger partial charge in [0, 0.05) is 18.0 Å². The Bertz CT molecular complexity index is 393. The Kier molecular flexibility index (Phi) is 2.06. The first-order valence-corrected chi connectivity index (χ1v) is 5.00. The van der Waals surface area contributed by atoms with Gasteiger partial charge in [-0.3, -0.25) is 4.79 Å². The fraction of sp³-hybridized carbons (Fsp3) is 0.600. The van der Waals surface area contributed by atoms with Gasteiger partial charge in [0.25, 0.3) is 5.56 Å². The molecule has 0 saturated heterocycles. The van der Waals surface area contributed by atoms with Gasteiger partial charge in [-0.2, -0.15) is 0 Å². The van der Waals surface area contributed by atoms with Gasteiger partial charge in [-0.1, -0.05) is 6.92 Å². The van der Waals surface area contributed by atoms with E-state index in [1.165, 1.54) is 6.07 Å². The van der Waals surface area contributed by atoms with Crippen molar-refractivity contribution in [3.05, 3.63) is 22.2 Å². The number of aromatic amines is 1. The highest BCUT2D eigenvalue weighted by atomic mass is 16.1. The molecule has 0 aliphatic heterocycles. The van der Waals surface area contributed by atoms with Crippen LogP contribution in [0.25, 0.3) is 0 Å². The third-order valence-corrected chi connectivity index (χ3v) is 2.56. The highest BCUT2D eigenvalue weighted by molar-refractivity contribution is 5.38. The molecular formula is C10H15N3O. The summed E-state index contributed by atoms with van der Waals surface area (Å²) in [6, 6.07) is 1.52. The molecule has 0 amide bonds. The van der Waals surface area contributed by atoms with Gasteiger partial charge in [-0.25, -0.2) is 4.98 Å². The number of aryl methyl sites for hydroxylation is 1. The van der Waals surface area contributed by atoms with Crippen molar-refractivity contribution >= 4 is 5.82 Å². The molecule has 0 radical (unpaired) electrons. The fourth-order valence-electron chi connectivity index (χ4n) is 1.36. The lowest BCUT2D eigenvalue weighted by Crippen LogP contribution is -2.20. The van der Waals surface area contributed by atoms with Gasteiger partial charge in [0.05, 0.1) is 0 Å². The molecule has 1 aliphatic carbocycles. The normalized spacial score (nSPS) is 17.9. The van der Waals surface area contributed by atoms with E-state index in [0.717, 1.165) is 25.1 Å². The average Bonchev–Trinajstić information content (AvgIpc) is 2.82. The number of hydrogen-bond donors (Lipinski definition) is 2. The molecule has 1 heterocycles. The van der Waals surface area contributed by atoms with Crippen LogP contribution in [0.4, 0.5) is 5.82 Å². The first kappa shape index (κ1) is 9.24. The molecule has 1 aromatic heterocycles. The van der Waals surface area contributed by atoms with Crippen molar-refractivity contribution in [2.75, 3.05) is 5.32 Å². The molecule has 2 rings (SSSR count). The SMILES string of the molecule is CCc1nc(NC2(C)CC2)cc(=O)[nH]1. The molecule has 14 heavy (non-hydrogen) atoms. The van der Waals surface area contributed by atoms with E-state index in [1.54, 1.807) is 0 Å². The Labute approximate surface area is 82.8 Å². The van der Waals surface area contributed by atoms with Crippen molar-refractivity contribution < 1.29 is 0 Å². The number of aromatic nitrogens is 2. The summed E-state index contributed by atoms with van der Waals surface area (Å²) in [7, 11) is 0.